The second-order valence-corrected chi connectivity index (χ2v) is 6.85. The van der Waals surface area contributed by atoms with Crippen molar-refractivity contribution in [2.45, 2.75) is 6.54 Å². The van der Waals surface area contributed by atoms with E-state index in [-0.39, 0.29) is 0 Å². The Kier molecular flexibility index (Phi) is 3.03. The molecule has 3 aromatic heterocycles. The number of rotatable bonds is 3. The maximum atomic E-state index is 4.91. The van der Waals surface area contributed by atoms with Gasteiger partial charge < -0.3 is 9.72 Å². The molecule has 0 fully saturated rings. The van der Waals surface area contributed by atoms with Crippen LogP contribution >= 0.6 is 11.3 Å². The maximum absolute atomic E-state index is 4.91. The second kappa shape index (κ2) is 5.35. The third-order valence-corrected chi connectivity index (χ3v) is 5.35. The lowest BCUT2D eigenvalue weighted by Gasteiger charge is -2.09. The van der Waals surface area contributed by atoms with Gasteiger partial charge >= 0.3 is 0 Å². The van der Waals surface area contributed by atoms with Crippen LogP contribution in [0.1, 0.15) is 5.56 Å². The summed E-state index contributed by atoms with van der Waals surface area (Å²) in [7, 11) is 0. The molecule has 0 atom stereocenters. The van der Waals surface area contributed by atoms with E-state index in [0.29, 0.717) is 0 Å². The highest BCUT2D eigenvalue weighted by Gasteiger charge is 2.13. The van der Waals surface area contributed by atoms with E-state index < -0.39 is 0 Å². The first kappa shape index (κ1) is 13.6. The summed E-state index contributed by atoms with van der Waals surface area (Å²) >= 11 is 1.74. The van der Waals surface area contributed by atoms with Gasteiger partial charge in [0.05, 0.1) is 11.0 Å². The molecule has 0 unspecified atom stereocenters. The minimum Gasteiger partial charge on any atom is -0.364 e. The van der Waals surface area contributed by atoms with Crippen LogP contribution in [0.5, 0.6) is 0 Å². The van der Waals surface area contributed by atoms with Crippen LogP contribution in [0, 0.1) is 0 Å². The van der Waals surface area contributed by atoms with Crippen molar-refractivity contribution < 1.29 is 0 Å². The van der Waals surface area contributed by atoms with E-state index in [9.17, 15) is 0 Å². The van der Waals surface area contributed by atoms with Gasteiger partial charge in [-0.2, -0.15) is 0 Å². The summed E-state index contributed by atoms with van der Waals surface area (Å²) in [6.45, 7) is 0.769. The van der Waals surface area contributed by atoms with E-state index in [1.54, 1.807) is 11.3 Å². The number of hydrogen-bond acceptors (Lipinski definition) is 3. The molecule has 5 aromatic rings. The third kappa shape index (κ3) is 2.07. The summed E-state index contributed by atoms with van der Waals surface area (Å²) in [6.07, 6.45) is 2.12. The summed E-state index contributed by atoms with van der Waals surface area (Å²) < 4.78 is 3.52. The standard InChI is InChI=1S/C20H15N3S/c1-2-7-14(8-3-1)13-21-19-16-10-6-12-23(16)18-15-9-4-5-11-17(15)24-20(18)22-19/h1-12H,13H2,(H,21,22). The topological polar surface area (TPSA) is 29.3 Å². The number of nitrogens with one attached hydrogen (secondary N) is 1. The Morgan fingerprint density at radius 3 is 2.67 bits per heavy atom. The molecule has 0 aliphatic carbocycles. The lowest BCUT2D eigenvalue weighted by molar-refractivity contribution is 1.11. The first-order valence-electron chi connectivity index (χ1n) is 7.96. The van der Waals surface area contributed by atoms with Gasteiger partial charge in [-0.25, -0.2) is 4.98 Å². The fraction of sp³-hybridized carbons (Fsp3) is 0.0500. The van der Waals surface area contributed by atoms with Crippen molar-refractivity contribution in [3.8, 4) is 0 Å². The highest BCUT2D eigenvalue weighted by Crippen LogP contribution is 2.35. The number of fused-ring (bicyclic) bond motifs is 5. The number of anilines is 1. The molecule has 0 saturated carbocycles. The van der Waals surface area contributed by atoms with Crippen LogP contribution in [0.2, 0.25) is 0 Å². The van der Waals surface area contributed by atoms with Gasteiger partial charge in [0.15, 0.2) is 5.82 Å². The number of benzene rings is 2. The van der Waals surface area contributed by atoms with Crippen LogP contribution in [0.25, 0.3) is 25.9 Å². The van der Waals surface area contributed by atoms with Crippen LogP contribution < -0.4 is 5.32 Å². The summed E-state index contributed by atoms with van der Waals surface area (Å²) in [6, 6.07) is 23.1. The molecule has 0 amide bonds. The quantitative estimate of drug-likeness (QED) is 0.486. The zero-order valence-electron chi connectivity index (χ0n) is 12.9. The molecule has 2 aromatic carbocycles. The number of hydrogen-bond donors (Lipinski definition) is 1. The van der Waals surface area contributed by atoms with Crippen LogP contribution in [0.4, 0.5) is 5.82 Å². The molecular formula is C20H15N3S. The second-order valence-electron chi connectivity index (χ2n) is 5.81. The smallest absolute Gasteiger partial charge is 0.152 e. The van der Waals surface area contributed by atoms with Crippen molar-refractivity contribution in [2.75, 3.05) is 5.32 Å². The van der Waals surface area contributed by atoms with Gasteiger partial charge in [-0.15, -0.1) is 11.3 Å². The van der Waals surface area contributed by atoms with Crippen LogP contribution in [-0.4, -0.2) is 9.38 Å². The molecule has 0 radical (unpaired) electrons. The van der Waals surface area contributed by atoms with Gasteiger partial charge in [0.25, 0.3) is 0 Å². The Balaban J connectivity index is 1.68. The van der Waals surface area contributed by atoms with Gasteiger partial charge in [-0.3, -0.25) is 0 Å². The van der Waals surface area contributed by atoms with Gasteiger partial charge in [0.2, 0.25) is 0 Å². The van der Waals surface area contributed by atoms with Gasteiger partial charge in [0, 0.05) is 22.8 Å². The van der Waals surface area contributed by atoms with Crippen molar-refractivity contribution in [1.82, 2.24) is 9.38 Å². The molecular weight excluding hydrogens is 314 g/mol. The first-order chi connectivity index (χ1) is 11.9. The molecule has 5 rings (SSSR count). The lowest BCUT2D eigenvalue weighted by Crippen LogP contribution is -2.03. The highest BCUT2D eigenvalue weighted by molar-refractivity contribution is 7.25. The summed E-state index contributed by atoms with van der Waals surface area (Å²) in [4.78, 5) is 5.98. The Morgan fingerprint density at radius 1 is 0.917 bits per heavy atom. The Labute approximate surface area is 143 Å². The van der Waals surface area contributed by atoms with E-state index in [2.05, 4.69) is 76.6 Å². The van der Waals surface area contributed by atoms with E-state index in [1.165, 1.54) is 21.2 Å². The fourth-order valence-corrected chi connectivity index (χ4v) is 4.24. The molecule has 0 bridgehead atoms. The maximum Gasteiger partial charge on any atom is 0.152 e. The van der Waals surface area contributed by atoms with Gasteiger partial charge in [0.1, 0.15) is 4.83 Å². The average Bonchev–Trinajstić information content (AvgIpc) is 3.24. The zero-order chi connectivity index (χ0) is 15.9. The predicted molar refractivity (Wildman–Crippen MR) is 102 cm³/mol. The minimum absolute atomic E-state index is 0.769. The van der Waals surface area contributed by atoms with Crippen molar-refractivity contribution in [3.05, 3.63) is 78.5 Å². The van der Waals surface area contributed by atoms with Crippen molar-refractivity contribution in [1.29, 1.82) is 0 Å². The summed E-state index contributed by atoms with van der Waals surface area (Å²) in [5.41, 5.74) is 3.56. The van der Waals surface area contributed by atoms with Crippen molar-refractivity contribution in [3.63, 3.8) is 0 Å². The molecule has 0 aliphatic heterocycles. The van der Waals surface area contributed by atoms with Crippen LogP contribution in [0.3, 0.4) is 0 Å². The first-order valence-corrected chi connectivity index (χ1v) is 8.78. The van der Waals surface area contributed by atoms with Crippen LogP contribution in [0.15, 0.2) is 72.9 Å². The molecule has 3 nitrogen and oxygen atoms in total. The molecule has 1 N–H and O–H groups in total. The fourth-order valence-electron chi connectivity index (χ4n) is 3.17. The molecule has 0 spiro atoms. The number of thiophene rings is 1. The summed E-state index contributed by atoms with van der Waals surface area (Å²) in [5.74, 6) is 0.933. The molecule has 116 valence electrons. The molecule has 3 heterocycles. The van der Waals surface area contributed by atoms with E-state index >= 15 is 0 Å². The Hall–Kier alpha value is -2.85. The van der Waals surface area contributed by atoms with E-state index in [1.807, 2.05) is 6.07 Å². The highest BCUT2D eigenvalue weighted by atomic mass is 32.1. The zero-order valence-corrected chi connectivity index (χ0v) is 13.8. The lowest BCUT2D eigenvalue weighted by atomic mass is 10.2. The molecule has 24 heavy (non-hydrogen) atoms. The van der Waals surface area contributed by atoms with Gasteiger partial charge in [-0.05, 0) is 23.8 Å². The number of nitrogens with zero attached hydrogens (tertiary/aromatic N) is 2. The molecule has 4 heteroatoms. The number of aromatic nitrogens is 2. The Morgan fingerprint density at radius 2 is 1.75 bits per heavy atom. The van der Waals surface area contributed by atoms with E-state index in [0.717, 1.165) is 22.7 Å². The Bertz CT molecular complexity index is 1160. The predicted octanol–water partition coefficient (Wildman–Crippen LogP) is 5.31. The minimum atomic E-state index is 0.769. The van der Waals surface area contributed by atoms with Crippen molar-refractivity contribution >= 4 is 43.1 Å². The SMILES string of the molecule is c1ccc(CNc2nc3sc4ccccc4c3n3cccc23)cc1. The van der Waals surface area contributed by atoms with E-state index in [4.69, 9.17) is 4.98 Å². The van der Waals surface area contributed by atoms with Crippen LogP contribution in [-0.2, 0) is 6.54 Å². The summed E-state index contributed by atoms with van der Waals surface area (Å²) in [5, 5.41) is 4.77. The monoisotopic (exact) mass is 329 g/mol. The average molecular weight is 329 g/mol. The normalized spacial score (nSPS) is 11.5. The van der Waals surface area contributed by atoms with Crippen molar-refractivity contribution in [2.24, 2.45) is 0 Å². The molecule has 0 saturated heterocycles. The third-order valence-electron chi connectivity index (χ3n) is 4.30. The largest absolute Gasteiger partial charge is 0.364 e. The molecule has 0 aliphatic rings. The van der Waals surface area contributed by atoms with Gasteiger partial charge in [-0.1, -0.05) is 48.5 Å².